The van der Waals surface area contributed by atoms with Crippen molar-refractivity contribution in [3.05, 3.63) is 45.8 Å². The van der Waals surface area contributed by atoms with Crippen LogP contribution in [0.1, 0.15) is 66.9 Å². The highest BCUT2D eigenvalue weighted by molar-refractivity contribution is 7.16. The summed E-state index contributed by atoms with van der Waals surface area (Å²) < 4.78 is 5.56. The van der Waals surface area contributed by atoms with Gasteiger partial charge in [-0.15, -0.1) is 11.3 Å². The second-order valence-corrected chi connectivity index (χ2v) is 9.56. The topological polar surface area (TPSA) is 62.1 Å². The van der Waals surface area contributed by atoms with E-state index >= 15 is 0 Å². The number of fused-ring (bicyclic) bond motifs is 1. The number of amides is 1. The number of rotatable bonds is 5. The lowest BCUT2D eigenvalue weighted by Crippen LogP contribution is -2.26. The second-order valence-electron chi connectivity index (χ2n) is 8.45. The summed E-state index contributed by atoms with van der Waals surface area (Å²) in [6, 6.07) is 9.46. The van der Waals surface area contributed by atoms with Crippen molar-refractivity contribution in [2.45, 2.75) is 53.4 Å². The van der Waals surface area contributed by atoms with E-state index in [4.69, 9.17) is 4.74 Å². The first-order valence-electron chi connectivity index (χ1n) is 9.92. The number of nitrogens with zero attached hydrogens (tertiary/aromatic N) is 1. The first-order valence-corrected chi connectivity index (χ1v) is 10.7. The van der Waals surface area contributed by atoms with E-state index in [-0.39, 0.29) is 11.3 Å². The highest BCUT2D eigenvalue weighted by Crippen LogP contribution is 2.44. The Morgan fingerprint density at radius 2 is 2.04 bits per heavy atom. The van der Waals surface area contributed by atoms with Gasteiger partial charge in [0.05, 0.1) is 12.2 Å². The smallest absolute Gasteiger partial charge is 0.256 e. The third kappa shape index (κ3) is 4.39. The molecule has 0 bridgehead atoms. The van der Waals surface area contributed by atoms with E-state index in [0.29, 0.717) is 28.7 Å². The van der Waals surface area contributed by atoms with Crippen molar-refractivity contribution in [3.8, 4) is 11.8 Å². The second kappa shape index (κ2) is 8.36. The molecule has 1 aromatic carbocycles. The van der Waals surface area contributed by atoms with Crippen LogP contribution in [0.2, 0.25) is 0 Å². The molecule has 3 rings (SSSR count). The Labute approximate surface area is 171 Å². The van der Waals surface area contributed by atoms with Crippen LogP contribution in [0.5, 0.6) is 5.75 Å². The van der Waals surface area contributed by atoms with E-state index in [1.165, 1.54) is 4.88 Å². The molecule has 2 aromatic rings. The molecular formula is C23H28N2O2S. The van der Waals surface area contributed by atoms with Crippen LogP contribution in [0, 0.1) is 22.7 Å². The average molecular weight is 397 g/mol. The Bertz CT molecular complexity index is 885. The largest absolute Gasteiger partial charge is 0.494 e. The molecule has 1 amide bonds. The minimum atomic E-state index is -0.190. The molecule has 1 aliphatic rings. The fourth-order valence-corrected chi connectivity index (χ4v) is 4.90. The van der Waals surface area contributed by atoms with Gasteiger partial charge in [0.25, 0.3) is 5.91 Å². The van der Waals surface area contributed by atoms with Crippen LogP contribution in [-0.2, 0) is 12.8 Å². The van der Waals surface area contributed by atoms with Gasteiger partial charge in [-0.3, -0.25) is 4.79 Å². The van der Waals surface area contributed by atoms with E-state index in [1.807, 2.05) is 12.1 Å². The zero-order chi connectivity index (χ0) is 20.3. The van der Waals surface area contributed by atoms with Crippen LogP contribution in [-0.4, -0.2) is 12.5 Å². The van der Waals surface area contributed by atoms with E-state index in [0.717, 1.165) is 37.0 Å². The van der Waals surface area contributed by atoms with Gasteiger partial charge in [-0.05, 0) is 66.8 Å². The van der Waals surface area contributed by atoms with Crippen molar-refractivity contribution < 1.29 is 9.53 Å². The Morgan fingerprint density at radius 1 is 1.32 bits per heavy atom. The maximum absolute atomic E-state index is 12.7. The van der Waals surface area contributed by atoms with Crippen molar-refractivity contribution in [2.75, 3.05) is 11.9 Å². The number of ether oxygens (including phenoxy) is 1. The third-order valence-electron chi connectivity index (χ3n) is 5.42. The molecule has 0 spiro atoms. The van der Waals surface area contributed by atoms with E-state index < -0.39 is 0 Å². The van der Waals surface area contributed by atoms with Gasteiger partial charge in [-0.1, -0.05) is 27.7 Å². The number of hydrogen-bond acceptors (Lipinski definition) is 4. The molecule has 0 aliphatic heterocycles. The number of carbonyl (C=O) groups excluding carboxylic acids is 1. The number of nitrogens with one attached hydrogen (secondary N) is 1. The zero-order valence-corrected chi connectivity index (χ0v) is 17.9. The van der Waals surface area contributed by atoms with Crippen molar-refractivity contribution in [1.82, 2.24) is 0 Å². The van der Waals surface area contributed by atoms with Crippen LogP contribution in [0.4, 0.5) is 5.00 Å². The number of hydrogen-bond donors (Lipinski definition) is 1. The standard InChI is InChI=1S/C23H28N2O2S/c1-5-12-27-17-9-6-15(7-10-17)21(26)25-22-19(14-24)18-11-8-16(23(2,3)4)13-20(18)28-22/h6-7,9-10,16H,5,8,11-13H2,1-4H3,(H,25,26)/t16-/m0/s1. The van der Waals surface area contributed by atoms with Crippen LogP contribution < -0.4 is 10.1 Å². The molecule has 148 valence electrons. The Kier molecular flexibility index (Phi) is 6.10. The summed E-state index contributed by atoms with van der Waals surface area (Å²) in [6.45, 7) is 9.54. The Morgan fingerprint density at radius 3 is 2.64 bits per heavy atom. The third-order valence-corrected chi connectivity index (χ3v) is 6.59. The maximum atomic E-state index is 12.7. The summed E-state index contributed by atoms with van der Waals surface area (Å²) in [4.78, 5) is 13.9. The molecule has 28 heavy (non-hydrogen) atoms. The fraction of sp³-hybridized carbons (Fsp3) is 0.478. The normalized spacial score (nSPS) is 16.2. The van der Waals surface area contributed by atoms with Gasteiger partial charge in [-0.2, -0.15) is 5.26 Å². The summed E-state index contributed by atoms with van der Waals surface area (Å²) in [7, 11) is 0. The molecule has 1 heterocycles. The number of carbonyl (C=O) groups is 1. The van der Waals surface area contributed by atoms with Gasteiger partial charge in [-0.25, -0.2) is 0 Å². The molecule has 5 heteroatoms. The van der Waals surface area contributed by atoms with Gasteiger partial charge in [0.1, 0.15) is 16.8 Å². The molecule has 0 radical (unpaired) electrons. The molecule has 1 aromatic heterocycles. The maximum Gasteiger partial charge on any atom is 0.256 e. The number of benzene rings is 1. The first-order chi connectivity index (χ1) is 13.3. The molecular weight excluding hydrogens is 368 g/mol. The number of anilines is 1. The van der Waals surface area contributed by atoms with Gasteiger partial charge in [0.15, 0.2) is 0 Å². The quantitative estimate of drug-likeness (QED) is 0.693. The lowest BCUT2D eigenvalue weighted by molar-refractivity contribution is 0.102. The summed E-state index contributed by atoms with van der Waals surface area (Å²) in [6.07, 6.45) is 3.93. The molecule has 0 saturated heterocycles. The van der Waals surface area contributed by atoms with Gasteiger partial charge in [0.2, 0.25) is 0 Å². The van der Waals surface area contributed by atoms with Gasteiger partial charge >= 0.3 is 0 Å². The van der Waals surface area contributed by atoms with Crippen LogP contribution in [0.3, 0.4) is 0 Å². The average Bonchev–Trinajstić information content (AvgIpc) is 3.02. The fourth-order valence-electron chi connectivity index (χ4n) is 3.63. The van der Waals surface area contributed by atoms with Crippen molar-refractivity contribution in [3.63, 3.8) is 0 Å². The molecule has 0 unspecified atom stereocenters. The van der Waals surface area contributed by atoms with Crippen LogP contribution in [0.25, 0.3) is 0 Å². The highest BCUT2D eigenvalue weighted by atomic mass is 32.1. The lowest BCUT2D eigenvalue weighted by atomic mass is 9.72. The highest BCUT2D eigenvalue weighted by Gasteiger charge is 2.32. The number of nitriles is 1. The van der Waals surface area contributed by atoms with Gasteiger partial charge in [0, 0.05) is 10.4 Å². The molecule has 1 atom stereocenters. The van der Waals surface area contributed by atoms with Crippen LogP contribution in [0.15, 0.2) is 24.3 Å². The molecule has 4 nitrogen and oxygen atoms in total. The Hall–Kier alpha value is -2.32. The van der Waals surface area contributed by atoms with Crippen molar-refractivity contribution >= 4 is 22.2 Å². The van der Waals surface area contributed by atoms with Gasteiger partial charge < -0.3 is 10.1 Å². The summed E-state index contributed by atoms with van der Waals surface area (Å²) >= 11 is 1.56. The predicted molar refractivity (Wildman–Crippen MR) is 114 cm³/mol. The lowest BCUT2D eigenvalue weighted by Gasteiger charge is -2.33. The minimum Gasteiger partial charge on any atom is -0.494 e. The number of thiophene rings is 1. The zero-order valence-electron chi connectivity index (χ0n) is 17.1. The SMILES string of the molecule is CCCOc1ccc(C(=O)Nc2sc3c(c2C#N)CC[C@H](C(C)(C)C)C3)cc1. The van der Waals surface area contributed by atoms with Crippen molar-refractivity contribution in [2.24, 2.45) is 11.3 Å². The van der Waals surface area contributed by atoms with E-state index in [2.05, 4.69) is 39.1 Å². The molecule has 1 aliphatic carbocycles. The molecule has 0 fully saturated rings. The summed E-state index contributed by atoms with van der Waals surface area (Å²) in [5.41, 5.74) is 2.58. The predicted octanol–water partition coefficient (Wildman–Crippen LogP) is 5.81. The van der Waals surface area contributed by atoms with Crippen molar-refractivity contribution in [1.29, 1.82) is 5.26 Å². The first kappa shape index (κ1) is 20.4. The summed E-state index contributed by atoms with van der Waals surface area (Å²) in [5.74, 6) is 1.17. The Balaban J connectivity index is 1.77. The van der Waals surface area contributed by atoms with E-state index in [1.54, 1.807) is 23.5 Å². The monoisotopic (exact) mass is 396 g/mol. The minimum absolute atomic E-state index is 0.190. The van der Waals surface area contributed by atoms with E-state index in [9.17, 15) is 10.1 Å². The molecule has 0 saturated carbocycles. The summed E-state index contributed by atoms with van der Waals surface area (Å²) in [5, 5.41) is 13.3. The van der Waals surface area contributed by atoms with Crippen LogP contribution >= 0.6 is 11.3 Å². The molecule has 1 N–H and O–H groups in total.